The fourth-order valence-electron chi connectivity index (χ4n) is 2.92. The molecular weight excluding hydrogens is 356 g/mol. The third-order valence-corrected chi connectivity index (χ3v) is 4.21. The van der Waals surface area contributed by atoms with Gasteiger partial charge in [0.25, 0.3) is 5.69 Å². The van der Waals surface area contributed by atoms with Crippen molar-refractivity contribution in [1.29, 1.82) is 0 Å². The van der Waals surface area contributed by atoms with Crippen LogP contribution in [0.2, 0.25) is 0 Å². The number of hydrogen-bond donors (Lipinski definition) is 1. The maximum Gasteiger partial charge on any atom is 0.277 e. The third-order valence-electron chi connectivity index (χ3n) is 4.21. The van der Waals surface area contributed by atoms with Gasteiger partial charge in [0.2, 0.25) is 0 Å². The molecule has 4 rings (SSSR count). The molecule has 0 atom stereocenters. The number of ether oxygens (including phenoxy) is 1. The zero-order chi connectivity index (χ0) is 19.3. The van der Waals surface area contributed by atoms with Crippen LogP contribution < -0.4 is 10.1 Å². The molecule has 7 heteroatoms. The van der Waals surface area contributed by atoms with Crippen LogP contribution in [0.25, 0.3) is 10.8 Å². The van der Waals surface area contributed by atoms with Crippen LogP contribution in [0.1, 0.15) is 5.56 Å². The van der Waals surface area contributed by atoms with Gasteiger partial charge >= 0.3 is 0 Å². The maximum absolute atomic E-state index is 11.2. The molecule has 0 saturated carbocycles. The first kappa shape index (κ1) is 17.4. The van der Waals surface area contributed by atoms with Crippen molar-refractivity contribution in [3.63, 3.8) is 0 Å². The minimum atomic E-state index is -0.384. The Bertz CT molecular complexity index is 1130. The van der Waals surface area contributed by atoms with Crippen LogP contribution in [0.3, 0.4) is 0 Å². The molecule has 2 aromatic heterocycles. The maximum atomic E-state index is 11.2. The van der Waals surface area contributed by atoms with Gasteiger partial charge in [-0.05, 0) is 42.0 Å². The number of nitro groups is 1. The molecule has 0 fully saturated rings. The molecule has 2 aromatic carbocycles. The van der Waals surface area contributed by atoms with Gasteiger partial charge in [0.1, 0.15) is 18.2 Å². The number of fused-ring (bicyclic) bond motifs is 1. The van der Waals surface area contributed by atoms with Crippen LogP contribution in [-0.4, -0.2) is 14.9 Å². The van der Waals surface area contributed by atoms with Crippen molar-refractivity contribution in [3.8, 4) is 5.75 Å². The predicted octanol–water partition coefficient (Wildman–Crippen LogP) is 4.86. The molecule has 0 radical (unpaired) electrons. The van der Waals surface area contributed by atoms with Crippen molar-refractivity contribution in [2.75, 3.05) is 5.32 Å². The van der Waals surface area contributed by atoms with Gasteiger partial charge in [0.05, 0.1) is 22.2 Å². The summed E-state index contributed by atoms with van der Waals surface area (Å²) in [5.41, 5.74) is 1.83. The van der Waals surface area contributed by atoms with Gasteiger partial charge in [-0.2, -0.15) is 0 Å². The molecule has 138 valence electrons. The number of rotatable bonds is 6. The quantitative estimate of drug-likeness (QED) is 0.384. The summed E-state index contributed by atoms with van der Waals surface area (Å²) in [6.45, 7) is 0.312. The molecule has 7 nitrogen and oxygen atoms in total. The smallest absolute Gasteiger partial charge is 0.277 e. The minimum Gasteiger partial charge on any atom is -0.488 e. The van der Waals surface area contributed by atoms with Crippen molar-refractivity contribution < 1.29 is 9.66 Å². The van der Waals surface area contributed by atoms with E-state index >= 15 is 0 Å². The van der Waals surface area contributed by atoms with Crippen LogP contribution >= 0.6 is 0 Å². The van der Waals surface area contributed by atoms with Crippen LogP contribution in [0.15, 0.2) is 79.3 Å². The zero-order valence-corrected chi connectivity index (χ0v) is 14.8. The Labute approximate surface area is 160 Å². The third kappa shape index (κ3) is 3.73. The second-order valence-electron chi connectivity index (χ2n) is 6.09. The summed E-state index contributed by atoms with van der Waals surface area (Å²) in [7, 11) is 0. The standard InChI is InChI=1S/C21H16N4O3/c26-25(27)19-7-8-20(18-6-2-1-5-17(18)19)28-14-15-9-11-23-21(12-15)24-16-4-3-10-22-13-16/h1-13H,14H2,(H,23,24). The fourth-order valence-corrected chi connectivity index (χ4v) is 2.92. The second-order valence-corrected chi connectivity index (χ2v) is 6.09. The molecule has 0 spiro atoms. The van der Waals surface area contributed by atoms with Gasteiger partial charge in [-0.3, -0.25) is 15.1 Å². The summed E-state index contributed by atoms with van der Waals surface area (Å²) in [4.78, 5) is 19.2. The lowest BCUT2D eigenvalue weighted by molar-refractivity contribution is -0.383. The highest BCUT2D eigenvalue weighted by Crippen LogP contribution is 2.33. The van der Waals surface area contributed by atoms with E-state index in [0.717, 1.165) is 11.3 Å². The SMILES string of the molecule is O=[N+]([O-])c1ccc(OCc2ccnc(Nc3cccnc3)c2)c2ccccc12. The monoisotopic (exact) mass is 372 g/mol. The molecule has 0 aliphatic heterocycles. The lowest BCUT2D eigenvalue weighted by Gasteiger charge is -2.11. The van der Waals surface area contributed by atoms with Crippen molar-refractivity contribution in [2.45, 2.75) is 6.61 Å². The Kier molecular flexibility index (Phi) is 4.79. The molecule has 4 aromatic rings. The van der Waals surface area contributed by atoms with Crippen LogP contribution in [0.5, 0.6) is 5.75 Å². The summed E-state index contributed by atoms with van der Waals surface area (Å²) in [5, 5.41) is 15.7. The summed E-state index contributed by atoms with van der Waals surface area (Å²) < 4.78 is 5.95. The van der Waals surface area contributed by atoms with E-state index in [-0.39, 0.29) is 10.6 Å². The van der Waals surface area contributed by atoms with E-state index < -0.39 is 0 Å². The van der Waals surface area contributed by atoms with Crippen molar-refractivity contribution >= 4 is 28.0 Å². The number of pyridine rings is 2. The fraction of sp³-hybridized carbons (Fsp3) is 0.0476. The largest absolute Gasteiger partial charge is 0.488 e. The number of aromatic nitrogens is 2. The molecule has 2 heterocycles. The van der Waals surface area contributed by atoms with Gasteiger partial charge < -0.3 is 10.1 Å². The topological polar surface area (TPSA) is 90.2 Å². The number of nitrogens with zero attached hydrogens (tertiary/aromatic N) is 3. The van der Waals surface area contributed by atoms with E-state index in [2.05, 4.69) is 15.3 Å². The van der Waals surface area contributed by atoms with E-state index in [1.807, 2.05) is 36.4 Å². The number of anilines is 2. The Balaban J connectivity index is 1.54. The molecule has 0 unspecified atom stereocenters. The number of nitrogens with one attached hydrogen (secondary N) is 1. The van der Waals surface area contributed by atoms with E-state index in [9.17, 15) is 10.1 Å². The van der Waals surface area contributed by atoms with E-state index in [0.29, 0.717) is 28.9 Å². The Morgan fingerprint density at radius 3 is 2.64 bits per heavy atom. The molecule has 0 saturated heterocycles. The van der Waals surface area contributed by atoms with E-state index in [4.69, 9.17) is 4.74 Å². The molecule has 0 aliphatic rings. The predicted molar refractivity (Wildman–Crippen MR) is 107 cm³/mol. The highest BCUT2D eigenvalue weighted by atomic mass is 16.6. The van der Waals surface area contributed by atoms with Gasteiger partial charge in [0, 0.05) is 23.8 Å². The van der Waals surface area contributed by atoms with Crippen molar-refractivity contribution in [1.82, 2.24) is 9.97 Å². The average Bonchev–Trinajstić information content (AvgIpc) is 2.73. The first-order valence-corrected chi connectivity index (χ1v) is 8.61. The van der Waals surface area contributed by atoms with Crippen LogP contribution in [-0.2, 0) is 6.61 Å². The first-order chi connectivity index (χ1) is 13.7. The van der Waals surface area contributed by atoms with Crippen LogP contribution in [0, 0.1) is 10.1 Å². The Morgan fingerprint density at radius 1 is 1.00 bits per heavy atom. The second kappa shape index (κ2) is 7.71. The zero-order valence-electron chi connectivity index (χ0n) is 14.8. The van der Waals surface area contributed by atoms with Crippen molar-refractivity contribution in [3.05, 3.63) is 94.9 Å². The minimum absolute atomic E-state index is 0.0646. The van der Waals surface area contributed by atoms with Gasteiger partial charge in [-0.1, -0.05) is 18.2 Å². The first-order valence-electron chi connectivity index (χ1n) is 8.61. The number of nitro benzene ring substituents is 1. The molecule has 28 heavy (non-hydrogen) atoms. The Hall–Kier alpha value is -4.00. The number of non-ortho nitro benzene ring substituents is 1. The van der Waals surface area contributed by atoms with Gasteiger partial charge in [0.15, 0.2) is 0 Å². The Morgan fingerprint density at radius 2 is 1.86 bits per heavy atom. The van der Waals surface area contributed by atoms with E-state index in [1.165, 1.54) is 6.07 Å². The molecule has 0 amide bonds. The summed E-state index contributed by atoms with van der Waals surface area (Å²) in [6, 6.07) is 17.8. The summed E-state index contributed by atoms with van der Waals surface area (Å²) in [6.07, 6.45) is 5.12. The summed E-state index contributed by atoms with van der Waals surface area (Å²) in [5.74, 6) is 1.28. The molecule has 1 N–H and O–H groups in total. The molecule has 0 bridgehead atoms. The lowest BCUT2D eigenvalue weighted by Crippen LogP contribution is -2.00. The average molecular weight is 372 g/mol. The van der Waals surface area contributed by atoms with Crippen LogP contribution in [0.4, 0.5) is 17.2 Å². The summed E-state index contributed by atoms with van der Waals surface area (Å²) >= 11 is 0. The number of benzene rings is 2. The van der Waals surface area contributed by atoms with Gasteiger partial charge in [-0.25, -0.2) is 4.98 Å². The normalized spacial score (nSPS) is 10.6. The van der Waals surface area contributed by atoms with E-state index in [1.54, 1.807) is 36.8 Å². The molecule has 0 aliphatic carbocycles. The lowest BCUT2D eigenvalue weighted by atomic mass is 10.1. The molecular formula is C21H16N4O3. The number of hydrogen-bond acceptors (Lipinski definition) is 6. The van der Waals surface area contributed by atoms with Gasteiger partial charge in [-0.15, -0.1) is 0 Å². The highest BCUT2D eigenvalue weighted by molar-refractivity contribution is 5.95. The highest BCUT2D eigenvalue weighted by Gasteiger charge is 2.14. The van der Waals surface area contributed by atoms with Crippen molar-refractivity contribution in [2.24, 2.45) is 0 Å².